The Morgan fingerprint density at radius 3 is 2.40 bits per heavy atom. The first-order chi connectivity index (χ1) is 20.1. The number of carbonyl (C=O) groups is 2. The Bertz CT molecular complexity index is 1650. The highest BCUT2D eigenvalue weighted by atomic mass is 32.1. The zero-order valence-corrected chi connectivity index (χ0v) is 25.5. The number of ketones is 1. The fraction of sp³-hybridized carbons (Fsp3) is 0.324. The SMILES string of the molecule is CCCCOc1cccc(C(O)=C2C(=O)C(=O)N(c3nc4ccc(OCC)cc4s3)C2c2ccc(C(C)(C)C)cc2)c1. The fourth-order valence-corrected chi connectivity index (χ4v) is 6.01. The van der Waals surface area contributed by atoms with E-state index in [2.05, 4.69) is 27.7 Å². The van der Waals surface area contributed by atoms with Crippen LogP contribution in [0.1, 0.15) is 70.2 Å². The molecule has 1 aliphatic rings. The number of ether oxygens (including phenoxy) is 2. The van der Waals surface area contributed by atoms with Crippen molar-refractivity contribution in [2.75, 3.05) is 18.1 Å². The predicted molar refractivity (Wildman–Crippen MR) is 168 cm³/mol. The molecule has 0 aliphatic carbocycles. The summed E-state index contributed by atoms with van der Waals surface area (Å²) in [4.78, 5) is 33.5. The molecule has 1 aromatic heterocycles. The average Bonchev–Trinajstić information content (AvgIpc) is 3.50. The zero-order chi connectivity index (χ0) is 30.0. The lowest BCUT2D eigenvalue weighted by molar-refractivity contribution is -0.132. The molecule has 1 atom stereocenters. The second kappa shape index (κ2) is 12.0. The lowest BCUT2D eigenvalue weighted by Gasteiger charge is -2.24. The number of Topliss-reactive ketones (excluding diaryl/α,β-unsaturated/α-hetero) is 1. The number of thiazole rings is 1. The van der Waals surface area contributed by atoms with E-state index in [4.69, 9.17) is 14.5 Å². The van der Waals surface area contributed by atoms with Gasteiger partial charge in [-0.05, 0) is 60.2 Å². The smallest absolute Gasteiger partial charge is 0.301 e. The van der Waals surface area contributed by atoms with Crippen LogP contribution in [0, 0.1) is 0 Å². The second-order valence-corrected chi connectivity index (χ2v) is 12.3. The third-order valence-electron chi connectivity index (χ3n) is 7.28. The third-order valence-corrected chi connectivity index (χ3v) is 8.29. The molecular formula is C34H36N2O5S. The van der Waals surface area contributed by atoms with E-state index >= 15 is 0 Å². The first kappa shape index (κ1) is 29.3. The van der Waals surface area contributed by atoms with Crippen molar-refractivity contribution in [3.63, 3.8) is 0 Å². The summed E-state index contributed by atoms with van der Waals surface area (Å²) in [6.45, 7) is 11.5. The number of benzene rings is 3. The first-order valence-electron chi connectivity index (χ1n) is 14.3. The highest BCUT2D eigenvalue weighted by Crippen LogP contribution is 2.45. The Kier molecular flexibility index (Phi) is 8.36. The van der Waals surface area contributed by atoms with E-state index < -0.39 is 17.7 Å². The molecule has 5 rings (SSSR count). The van der Waals surface area contributed by atoms with E-state index in [0.717, 1.165) is 23.1 Å². The Morgan fingerprint density at radius 1 is 0.976 bits per heavy atom. The monoisotopic (exact) mass is 584 g/mol. The summed E-state index contributed by atoms with van der Waals surface area (Å²) in [7, 11) is 0. The van der Waals surface area contributed by atoms with Crippen LogP contribution in [0.5, 0.6) is 11.5 Å². The summed E-state index contributed by atoms with van der Waals surface area (Å²) in [5.41, 5.74) is 2.85. The van der Waals surface area contributed by atoms with Crippen molar-refractivity contribution in [3.8, 4) is 11.5 Å². The number of rotatable bonds is 9. The van der Waals surface area contributed by atoms with Gasteiger partial charge in [-0.3, -0.25) is 14.5 Å². The molecule has 0 spiro atoms. The van der Waals surface area contributed by atoms with Crippen LogP contribution in [0.15, 0.2) is 72.3 Å². The second-order valence-electron chi connectivity index (χ2n) is 11.3. The predicted octanol–water partition coefficient (Wildman–Crippen LogP) is 7.80. The van der Waals surface area contributed by atoms with Gasteiger partial charge in [0, 0.05) is 5.56 Å². The minimum absolute atomic E-state index is 0.0171. The number of hydrogen-bond acceptors (Lipinski definition) is 7. The highest BCUT2D eigenvalue weighted by molar-refractivity contribution is 7.22. The molecule has 1 unspecified atom stereocenters. The van der Waals surface area contributed by atoms with E-state index in [1.807, 2.05) is 55.5 Å². The summed E-state index contributed by atoms with van der Waals surface area (Å²) in [6.07, 6.45) is 1.90. The largest absolute Gasteiger partial charge is 0.507 e. The van der Waals surface area contributed by atoms with E-state index in [1.54, 1.807) is 18.2 Å². The molecule has 1 amide bonds. The lowest BCUT2D eigenvalue weighted by Crippen LogP contribution is -2.29. The average molecular weight is 585 g/mol. The number of carbonyl (C=O) groups excluding carboxylic acids is 2. The number of fused-ring (bicyclic) bond motifs is 1. The van der Waals surface area contributed by atoms with Gasteiger partial charge in [0.15, 0.2) is 5.13 Å². The van der Waals surface area contributed by atoms with Gasteiger partial charge < -0.3 is 14.6 Å². The van der Waals surface area contributed by atoms with Crippen LogP contribution in [0.3, 0.4) is 0 Å². The fourth-order valence-electron chi connectivity index (χ4n) is 4.99. The standard InChI is InChI=1S/C34H36N2O5S/c1-6-8-18-41-24-11-9-10-22(19-24)30(37)28-29(21-12-14-23(15-13-21)34(3,4)5)36(32(39)31(28)38)33-35-26-17-16-25(40-7-2)20-27(26)42-33/h9-17,19-20,29,37H,6-8,18H2,1-5H3. The van der Waals surface area contributed by atoms with Gasteiger partial charge >= 0.3 is 5.91 Å². The molecule has 218 valence electrons. The highest BCUT2D eigenvalue weighted by Gasteiger charge is 2.48. The van der Waals surface area contributed by atoms with Crippen molar-refractivity contribution in [1.29, 1.82) is 0 Å². The molecule has 0 saturated carbocycles. The number of aliphatic hydroxyl groups excluding tert-OH is 1. The topological polar surface area (TPSA) is 89.0 Å². The van der Waals surface area contributed by atoms with E-state index in [-0.39, 0.29) is 16.7 Å². The zero-order valence-electron chi connectivity index (χ0n) is 24.6. The normalized spacial score (nSPS) is 16.8. The maximum absolute atomic E-state index is 13.7. The Balaban J connectivity index is 1.64. The van der Waals surface area contributed by atoms with Gasteiger partial charge in [0.1, 0.15) is 17.3 Å². The van der Waals surface area contributed by atoms with Crippen LogP contribution in [-0.4, -0.2) is 35.0 Å². The molecule has 0 radical (unpaired) electrons. The maximum atomic E-state index is 13.7. The van der Waals surface area contributed by atoms with Crippen LogP contribution in [0.2, 0.25) is 0 Å². The molecular weight excluding hydrogens is 548 g/mol. The third kappa shape index (κ3) is 5.77. The molecule has 8 heteroatoms. The number of aromatic nitrogens is 1. The lowest BCUT2D eigenvalue weighted by atomic mass is 9.85. The molecule has 4 aromatic rings. The van der Waals surface area contributed by atoms with Gasteiger partial charge in [0.25, 0.3) is 5.78 Å². The summed E-state index contributed by atoms with van der Waals surface area (Å²) in [6, 6.07) is 19.5. The van der Waals surface area contributed by atoms with Gasteiger partial charge in [-0.25, -0.2) is 4.98 Å². The van der Waals surface area contributed by atoms with Gasteiger partial charge in [-0.15, -0.1) is 0 Å². The van der Waals surface area contributed by atoms with Crippen LogP contribution >= 0.6 is 11.3 Å². The van der Waals surface area contributed by atoms with Crippen molar-refractivity contribution < 1.29 is 24.2 Å². The first-order valence-corrected chi connectivity index (χ1v) is 15.1. The quantitative estimate of drug-likeness (QED) is 0.0935. The van der Waals surface area contributed by atoms with Crippen LogP contribution in [0.25, 0.3) is 16.0 Å². The summed E-state index contributed by atoms with van der Waals surface area (Å²) < 4.78 is 12.3. The Labute approximate surface area is 250 Å². The number of hydrogen-bond donors (Lipinski definition) is 1. The maximum Gasteiger partial charge on any atom is 0.301 e. The minimum Gasteiger partial charge on any atom is -0.507 e. The van der Waals surface area contributed by atoms with Crippen LogP contribution in [0.4, 0.5) is 5.13 Å². The van der Waals surface area contributed by atoms with Gasteiger partial charge in [-0.2, -0.15) is 0 Å². The number of aliphatic hydroxyl groups is 1. The van der Waals surface area contributed by atoms with Crippen molar-refractivity contribution in [2.24, 2.45) is 0 Å². The molecule has 0 bridgehead atoms. The summed E-state index contributed by atoms with van der Waals surface area (Å²) in [5, 5.41) is 12.0. The Hall–Kier alpha value is -4.17. The van der Waals surface area contributed by atoms with Crippen molar-refractivity contribution in [1.82, 2.24) is 4.98 Å². The number of unbranched alkanes of at least 4 members (excludes halogenated alkanes) is 1. The van der Waals surface area contributed by atoms with Crippen molar-refractivity contribution in [2.45, 2.75) is 58.9 Å². The van der Waals surface area contributed by atoms with Crippen LogP contribution < -0.4 is 14.4 Å². The number of anilines is 1. The molecule has 1 aliphatic heterocycles. The van der Waals surface area contributed by atoms with Crippen LogP contribution in [-0.2, 0) is 15.0 Å². The van der Waals surface area contributed by atoms with Crippen molar-refractivity contribution >= 4 is 44.1 Å². The molecule has 2 heterocycles. The summed E-state index contributed by atoms with van der Waals surface area (Å²) in [5.74, 6) is -0.451. The molecule has 42 heavy (non-hydrogen) atoms. The molecule has 7 nitrogen and oxygen atoms in total. The molecule has 1 saturated heterocycles. The summed E-state index contributed by atoms with van der Waals surface area (Å²) >= 11 is 1.31. The van der Waals surface area contributed by atoms with E-state index in [1.165, 1.54) is 16.2 Å². The molecule has 3 aromatic carbocycles. The number of nitrogens with zero attached hydrogens (tertiary/aromatic N) is 2. The van der Waals surface area contributed by atoms with Crippen molar-refractivity contribution in [3.05, 3.63) is 89.0 Å². The molecule has 1 fully saturated rings. The molecule has 1 N–H and O–H groups in total. The minimum atomic E-state index is -0.865. The van der Waals surface area contributed by atoms with Gasteiger partial charge in [0.2, 0.25) is 0 Å². The van der Waals surface area contributed by atoms with Gasteiger partial charge in [-0.1, -0.05) is 81.9 Å². The van der Waals surface area contributed by atoms with E-state index in [0.29, 0.717) is 46.5 Å². The number of amides is 1. The van der Waals surface area contributed by atoms with E-state index in [9.17, 15) is 14.7 Å². The Morgan fingerprint density at radius 2 is 1.71 bits per heavy atom. The van der Waals surface area contributed by atoms with Gasteiger partial charge in [0.05, 0.1) is 35.0 Å².